The van der Waals surface area contributed by atoms with E-state index in [4.69, 9.17) is 4.74 Å². The number of halogens is 3. The molecule has 0 radical (unpaired) electrons. The van der Waals surface area contributed by atoms with Crippen LogP contribution in [-0.2, 0) is 11.0 Å². The number of carbonyl (C=O) groups excluding carboxylic acids is 1. The maximum Gasteiger partial charge on any atom is 0.416 e. The van der Waals surface area contributed by atoms with Crippen molar-refractivity contribution in [2.24, 2.45) is 5.92 Å². The van der Waals surface area contributed by atoms with Crippen LogP contribution in [0.2, 0.25) is 0 Å². The quantitative estimate of drug-likeness (QED) is 0.218. The molecule has 0 saturated carbocycles. The molecule has 3 heterocycles. The molecule has 0 aliphatic carbocycles. The van der Waals surface area contributed by atoms with Crippen molar-refractivity contribution in [3.8, 4) is 22.9 Å². The lowest BCUT2D eigenvalue weighted by molar-refractivity contribution is -0.137. The highest BCUT2D eigenvalue weighted by Gasteiger charge is 2.30. The lowest BCUT2D eigenvalue weighted by Crippen LogP contribution is -2.37. The number of rotatable bonds is 9. The van der Waals surface area contributed by atoms with Crippen LogP contribution >= 0.6 is 11.3 Å². The van der Waals surface area contributed by atoms with E-state index < -0.39 is 11.7 Å². The Labute approximate surface area is 240 Å². The summed E-state index contributed by atoms with van der Waals surface area (Å²) >= 11 is 1.32. The van der Waals surface area contributed by atoms with Gasteiger partial charge in [-0.2, -0.15) is 18.2 Å². The number of carbonyl (C=O) groups is 1. The van der Waals surface area contributed by atoms with Crippen LogP contribution in [0.15, 0.2) is 48.5 Å². The summed E-state index contributed by atoms with van der Waals surface area (Å²) in [6, 6.07) is 12.2. The van der Waals surface area contributed by atoms with E-state index in [2.05, 4.69) is 44.3 Å². The number of benzene rings is 2. The van der Waals surface area contributed by atoms with Crippen molar-refractivity contribution in [3.63, 3.8) is 0 Å². The third-order valence-corrected chi connectivity index (χ3v) is 7.62. The first kappa shape index (κ1) is 28.7. The molecular formula is C29H31F3N6O2S. The standard InChI is InChI=1S/C29H31F3N6O2S/c1-17(2)16-38-13-5-6-21(38)15-33-27-35-22(19-9-11-20(12-10-19)29(30,31)32)14-25(36-27)40-23-7-4-8-24-26(23)37-28(41-24)34-18(3)39/h4,7-12,14,17,21H,5-6,13,15-16H2,1-3H3,(H,33,35,36)(H,34,37,39)/t21-/m0/s1. The van der Waals surface area contributed by atoms with Crippen LogP contribution in [0.4, 0.5) is 24.3 Å². The van der Waals surface area contributed by atoms with Crippen molar-refractivity contribution in [1.82, 2.24) is 19.9 Å². The SMILES string of the molecule is CC(=O)Nc1nc2c(Oc3cc(-c4ccc(C(F)(F)F)cc4)nc(NC[C@@H]4CCCN4CC(C)C)n3)cccc2s1. The summed E-state index contributed by atoms with van der Waals surface area (Å²) in [5.41, 5.74) is 0.735. The normalized spacial score (nSPS) is 15.9. The van der Waals surface area contributed by atoms with Crippen molar-refractivity contribution in [2.75, 3.05) is 30.3 Å². The summed E-state index contributed by atoms with van der Waals surface area (Å²) in [6.45, 7) is 8.49. The number of aromatic nitrogens is 3. The number of anilines is 2. The smallest absolute Gasteiger partial charge is 0.416 e. The molecule has 0 bridgehead atoms. The molecular weight excluding hydrogens is 553 g/mol. The van der Waals surface area contributed by atoms with Crippen LogP contribution in [0, 0.1) is 5.92 Å². The minimum absolute atomic E-state index is 0.212. The van der Waals surface area contributed by atoms with E-state index in [0.29, 0.717) is 52.1 Å². The summed E-state index contributed by atoms with van der Waals surface area (Å²) in [7, 11) is 0. The van der Waals surface area contributed by atoms with Gasteiger partial charge in [-0.3, -0.25) is 9.69 Å². The Bertz CT molecular complexity index is 1520. The van der Waals surface area contributed by atoms with Gasteiger partial charge in [0.15, 0.2) is 10.9 Å². The Balaban J connectivity index is 1.46. The van der Waals surface area contributed by atoms with Crippen LogP contribution in [0.5, 0.6) is 11.6 Å². The minimum Gasteiger partial charge on any atom is -0.437 e. The zero-order valence-corrected chi connectivity index (χ0v) is 23.8. The molecule has 2 aromatic carbocycles. The van der Waals surface area contributed by atoms with Gasteiger partial charge in [-0.15, -0.1) is 0 Å². The number of thiazole rings is 1. The van der Waals surface area contributed by atoms with Gasteiger partial charge in [0.1, 0.15) is 5.52 Å². The van der Waals surface area contributed by atoms with E-state index >= 15 is 0 Å². The molecule has 0 unspecified atom stereocenters. The Morgan fingerprint density at radius 3 is 2.63 bits per heavy atom. The van der Waals surface area contributed by atoms with E-state index in [1.807, 2.05) is 12.1 Å². The van der Waals surface area contributed by atoms with Crippen LogP contribution in [0.1, 0.15) is 39.2 Å². The number of amides is 1. The number of para-hydroxylation sites is 1. The number of hydrogen-bond acceptors (Lipinski definition) is 8. The first-order valence-corrected chi connectivity index (χ1v) is 14.3. The number of likely N-dealkylation sites (tertiary alicyclic amines) is 1. The van der Waals surface area contributed by atoms with E-state index in [-0.39, 0.29) is 11.8 Å². The Morgan fingerprint density at radius 1 is 1.15 bits per heavy atom. The maximum absolute atomic E-state index is 13.2. The van der Waals surface area contributed by atoms with Gasteiger partial charge in [-0.05, 0) is 49.6 Å². The molecule has 1 saturated heterocycles. The summed E-state index contributed by atoms with van der Waals surface area (Å²) in [5, 5.41) is 6.48. The second kappa shape index (κ2) is 12.0. The molecule has 8 nitrogen and oxygen atoms in total. The topological polar surface area (TPSA) is 92.3 Å². The fourth-order valence-corrected chi connectivity index (χ4v) is 5.83. The van der Waals surface area contributed by atoms with Gasteiger partial charge in [0, 0.05) is 37.7 Å². The zero-order valence-electron chi connectivity index (χ0n) is 23.0. The number of fused-ring (bicyclic) bond motifs is 1. The Kier molecular flexibility index (Phi) is 8.41. The number of ether oxygens (including phenoxy) is 1. The van der Waals surface area contributed by atoms with Gasteiger partial charge in [0.25, 0.3) is 0 Å². The highest BCUT2D eigenvalue weighted by molar-refractivity contribution is 7.22. The van der Waals surface area contributed by atoms with Gasteiger partial charge in [0.05, 0.1) is 16.0 Å². The molecule has 1 amide bonds. The van der Waals surface area contributed by atoms with Crippen molar-refractivity contribution in [3.05, 3.63) is 54.1 Å². The van der Waals surface area contributed by atoms with Crippen LogP contribution in [0.25, 0.3) is 21.5 Å². The summed E-state index contributed by atoms with van der Waals surface area (Å²) < 4.78 is 46.5. The number of alkyl halides is 3. The average Bonchev–Trinajstić information content (AvgIpc) is 3.52. The molecule has 0 spiro atoms. The van der Waals surface area contributed by atoms with Crippen molar-refractivity contribution in [1.29, 1.82) is 0 Å². The molecule has 2 aromatic heterocycles. The van der Waals surface area contributed by atoms with Crippen LogP contribution < -0.4 is 15.4 Å². The molecule has 1 fully saturated rings. The van der Waals surface area contributed by atoms with Crippen LogP contribution in [-0.4, -0.2) is 51.4 Å². The van der Waals surface area contributed by atoms with Crippen molar-refractivity contribution in [2.45, 2.75) is 45.8 Å². The summed E-state index contributed by atoms with van der Waals surface area (Å²) in [4.78, 5) is 27.7. The number of nitrogens with zero attached hydrogens (tertiary/aromatic N) is 4. The van der Waals surface area contributed by atoms with Gasteiger partial charge in [0.2, 0.25) is 17.7 Å². The third-order valence-electron chi connectivity index (χ3n) is 6.68. The molecule has 12 heteroatoms. The van der Waals surface area contributed by atoms with Gasteiger partial charge in [-0.25, -0.2) is 9.97 Å². The zero-order chi connectivity index (χ0) is 29.1. The minimum atomic E-state index is -4.43. The molecule has 41 heavy (non-hydrogen) atoms. The molecule has 1 atom stereocenters. The predicted octanol–water partition coefficient (Wildman–Crippen LogP) is 7.06. The first-order valence-electron chi connectivity index (χ1n) is 13.4. The fraction of sp³-hybridized carbons (Fsp3) is 0.379. The summed E-state index contributed by atoms with van der Waals surface area (Å²) in [6.07, 6.45) is -2.25. The Morgan fingerprint density at radius 2 is 1.93 bits per heavy atom. The monoisotopic (exact) mass is 584 g/mol. The molecule has 1 aliphatic rings. The van der Waals surface area contributed by atoms with E-state index in [9.17, 15) is 18.0 Å². The second-order valence-corrected chi connectivity index (χ2v) is 11.5. The van der Waals surface area contributed by atoms with Crippen LogP contribution in [0.3, 0.4) is 0 Å². The molecule has 4 aromatic rings. The number of nitrogens with one attached hydrogen (secondary N) is 2. The highest BCUT2D eigenvalue weighted by Crippen LogP contribution is 2.36. The van der Waals surface area contributed by atoms with Crippen molar-refractivity contribution < 1.29 is 22.7 Å². The molecule has 216 valence electrons. The van der Waals surface area contributed by atoms with E-state index in [1.165, 1.54) is 30.4 Å². The van der Waals surface area contributed by atoms with Crippen molar-refractivity contribution >= 4 is 38.5 Å². The molecule has 2 N–H and O–H groups in total. The molecule has 1 aliphatic heterocycles. The van der Waals surface area contributed by atoms with Gasteiger partial charge < -0.3 is 15.4 Å². The predicted molar refractivity (Wildman–Crippen MR) is 154 cm³/mol. The highest BCUT2D eigenvalue weighted by atomic mass is 32.1. The lowest BCUT2D eigenvalue weighted by atomic mass is 10.1. The number of hydrogen-bond donors (Lipinski definition) is 2. The Hall–Kier alpha value is -3.77. The first-order chi connectivity index (χ1) is 19.5. The summed E-state index contributed by atoms with van der Waals surface area (Å²) in [5.74, 6) is 1.28. The molecule has 5 rings (SSSR count). The fourth-order valence-electron chi connectivity index (χ4n) is 4.90. The lowest BCUT2D eigenvalue weighted by Gasteiger charge is -2.26. The van der Waals surface area contributed by atoms with E-state index in [0.717, 1.165) is 42.8 Å². The average molecular weight is 585 g/mol. The van der Waals surface area contributed by atoms with E-state index in [1.54, 1.807) is 12.1 Å². The maximum atomic E-state index is 13.2. The second-order valence-electron chi connectivity index (χ2n) is 10.5. The third kappa shape index (κ3) is 7.12. The van der Waals surface area contributed by atoms with Gasteiger partial charge >= 0.3 is 6.18 Å². The van der Waals surface area contributed by atoms with Gasteiger partial charge in [-0.1, -0.05) is 43.4 Å². The largest absolute Gasteiger partial charge is 0.437 e.